The van der Waals surface area contributed by atoms with Gasteiger partial charge >= 0.3 is 0 Å². The average molecular weight is 356 g/mol. The Bertz CT molecular complexity index is 752. The summed E-state index contributed by atoms with van der Waals surface area (Å²) in [7, 11) is 0. The van der Waals surface area contributed by atoms with E-state index in [2.05, 4.69) is 32.3 Å². The van der Waals surface area contributed by atoms with Crippen LogP contribution in [0.2, 0.25) is 10.0 Å². The third kappa shape index (κ3) is 2.59. The molecule has 19 heavy (non-hydrogen) atoms. The summed E-state index contributed by atoms with van der Waals surface area (Å²) in [4.78, 5) is 3.22. The van der Waals surface area contributed by atoms with Crippen LogP contribution in [0.25, 0.3) is 10.9 Å². The maximum atomic E-state index is 6.01. The SMILES string of the molecule is Clc1ccc(Nc2c[nH]c3ccc(Br)cc23)cc1Cl. The average Bonchev–Trinajstić information content (AvgIpc) is 2.77. The molecule has 3 rings (SSSR count). The van der Waals surface area contributed by atoms with Crippen LogP contribution in [0.4, 0.5) is 11.4 Å². The molecule has 2 nitrogen and oxygen atoms in total. The molecule has 0 aliphatic rings. The fourth-order valence-corrected chi connectivity index (χ4v) is 2.58. The van der Waals surface area contributed by atoms with Crippen LogP contribution in [0, 0.1) is 0 Å². The minimum atomic E-state index is 0.535. The Morgan fingerprint density at radius 2 is 1.84 bits per heavy atom. The molecule has 0 spiro atoms. The van der Waals surface area contributed by atoms with Crippen molar-refractivity contribution in [2.45, 2.75) is 0 Å². The van der Waals surface area contributed by atoms with Crippen LogP contribution in [0.1, 0.15) is 0 Å². The van der Waals surface area contributed by atoms with Gasteiger partial charge in [-0.2, -0.15) is 0 Å². The standard InChI is InChI=1S/C14H9BrCl2N2/c15-8-1-4-13-10(5-8)14(7-18-13)19-9-2-3-11(16)12(17)6-9/h1-7,18-19H. The topological polar surface area (TPSA) is 27.8 Å². The Morgan fingerprint density at radius 1 is 1.00 bits per heavy atom. The number of hydrogen-bond acceptors (Lipinski definition) is 1. The predicted octanol–water partition coefficient (Wildman–Crippen LogP) is 5.98. The van der Waals surface area contributed by atoms with Crippen LogP contribution >= 0.6 is 39.1 Å². The van der Waals surface area contributed by atoms with E-state index in [-0.39, 0.29) is 0 Å². The van der Waals surface area contributed by atoms with Gasteiger partial charge in [0.25, 0.3) is 0 Å². The van der Waals surface area contributed by atoms with E-state index < -0.39 is 0 Å². The third-order valence-corrected chi connectivity index (χ3v) is 4.07. The first-order chi connectivity index (χ1) is 9.13. The van der Waals surface area contributed by atoms with E-state index >= 15 is 0 Å². The molecule has 0 fully saturated rings. The highest BCUT2D eigenvalue weighted by molar-refractivity contribution is 9.10. The molecule has 0 saturated carbocycles. The molecule has 1 aromatic heterocycles. The second kappa shape index (κ2) is 5.08. The van der Waals surface area contributed by atoms with Gasteiger partial charge in [-0.05, 0) is 36.4 Å². The van der Waals surface area contributed by atoms with Crippen LogP contribution < -0.4 is 5.32 Å². The molecule has 2 N–H and O–H groups in total. The molecule has 2 aromatic carbocycles. The lowest BCUT2D eigenvalue weighted by Gasteiger charge is -2.06. The van der Waals surface area contributed by atoms with Gasteiger partial charge in [0.1, 0.15) is 0 Å². The van der Waals surface area contributed by atoms with Gasteiger partial charge in [0.15, 0.2) is 0 Å². The van der Waals surface area contributed by atoms with Gasteiger partial charge in [-0.15, -0.1) is 0 Å². The van der Waals surface area contributed by atoms with Crippen molar-refractivity contribution in [2.24, 2.45) is 0 Å². The lowest BCUT2D eigenvalue weighted by Crippen LogP contribution is -1.88. The minimum absolute atomic E-state index is 0.535. The van der Waals surface area contributed by atoms with Crippen molar-refractivity contribution < 1.29 is 0 Å². The van der Waals surface area contributed by atoms with Crippen molar-refractivity contribution in [2.75, 3.05) is 5.32 Å². The second-order valence-electron chi connectivity index (χ2n) is 4.15. The summed E-state index contributed by atoms with van der Waals surface area (Å²) in [6, 6.07) is 11.6. The fraction of sp³-hybridized carbons (Fsp3) is 0. The number of aromatic nitrogens is 1. The first kappa shape index (κ1) is 12.9. The predicted molar refractivity (Wildman–Crippen MR) is 85.7 cm³/mol. The first-order valence-electron chi connectivity index (χ1n) is 5.62. The minimum Gasteiger partial charge on any atom is -0.359 e. The largest absolute Gasteiger partial charge is 0.359 e. The number of aromatic amines is 1. The van der Waals surface area contributed by atoms with Crippen molar-refractivity contribution in [1.82, 2.24) is 4.98 Å². The maximum Gasteiger partial charge on any atom is 0.0642 e. The second-order valence-corrected chi connectivity index (χ2v) is 5.88. The number of anilines is 2. The molecular weight excluding hydrogens is 347 g/mol. The zero-order valence-corrected chi connectivity index (χ0v) is 12.8. The Kier molecular flexibility index (Phi) is 3.44. The summed E-state index contributed by atoms with van der Waals surface area (Å²) in [5.74, 6) is 0. The number of benzene rings is 2. The van der Waals surface area contributed by atoms with Crippen molar-refractivity contribution in [1.29, 1.82) is 0 Å². The van der Waals surface area contributed by atoms with E-state index in [9.17, 15) is 0 Å². The summed E-state index contributed by atoms with van der Waals surface area (Å²) < 4.78 is 1.04. The zero-order valence-electron chi connectivity index (χ0n) is 9.68. The van der Waals surface area contributed by atoms with Crippen LogP contribution in [0.5, 0.6) is 0 Å². The van der Waals surface area contributed by atoms with Gasteiger partial charge in [0.05, 0.1) is 15.7 Å². The van der Waals surface area contributed by atoms with E-state index in [1.165, 1.54) is 0 Å². The summed E-state index contributed by atoms with van der Waals surface area (Å²) in [6.45, 7) is 0. The first-order valence-corrected chi connectivity index (χ1v) is 7.17. The quantitative estimate of drug-likeness (QED) is 0.581. The highest BCUT2D eigenvalue weighted by atomic mass is 79.9. The summed E-state index contributed by atoms with van der Waals surface area (Å²) in [5, 5.41) is 5.52. The Morgan fingerprint density at radius 3 is 2.63 bits per heavy atom. The van der Waals surface area contributed by atoms with E-state index in [4.69, 9.17) is 23.2 Å². The molecule has 3 aromatic rings. The molecule has 0 aliphatic heterocycles. The molecule has 0 saturated heterocycles. The zero-order chi connectivity index (χ0) is 13.4. The van der Waals surface area contributed by atoms with Crippen LogP contribution in [-0.2, 0) is 0 Å². The number of rotatable bonds is 2. The van der Waals surface area contributed by atoms with E-state index in [1.807, 2.05) is 24.4 Å². The summed E-state index contributed by atoms with van der Waals surface area (Å²) in [6.07, 6.45) is 1.93. The van der Waals surface area contributed by atoms with Crippen LogP contribution in [0.3, 0.4) is 0 Å². The van der Waals surface area contributed by atoms with Crippen LogP contribution in [0.15, 0.2) is 47.1 Å². The Labute approximate surface area is 128 Å². The molecule has 0 unspecified atom stereocenters. The van der Waals surface area contributed by atoms with Crippen molar-refractivity contribution >= 4 is 61.4 Å². The summed E-state index contributed by atoms with van der Waals surface area (Å²) in [5.41, 5.74) is 2.97. The van der Waals surface area contributed by atoms with Crippen molar-refractivity contribution in [3.8, 4) is 0 Å². The van der Waals surface area contributed by atoms with E-state index in [1.54, 1.807) is 12.1 Å². The summed E-state index contributed by atoms with van der Waals surface area (Å²) >= 11 is 15.4. The fourth-order valence-electron chi connectivity index (χ4n) is 1.93. The smallest absolute Gasteiger partial charge is 0.0642 e. The van der Waals surface area contributed by atoms with Crippen LogP contribution in [-0.4, -0.2) is 4.98 Å². The molecule has 0 bridgehead atoms. The van der Waals surface area contributed by atoms with E-state index in [0.717, 1.165) is 26.8 Å². The molecule has 96 valence electrons. The maximum absolute atomic E-state index is 6.01. The van der Waals surface area contributed by atoms with Gasteiger partial charge < -0.3 is 10.3 Å². The van der Waals surface area contributed by atoms with Gasteiger partial charge in [0.2, 0.25) is 0 Å². The van der Waals surface area contributed by atoms with E-state index in [0.29, 0.717) is 10.0 Å². The lowest BCUT2D eigenvalue weighted by atomic mass is 10.2. The Balaban J connectivity index is 2.00. The van der Waals surface area contributed by atoms with Crippen molar-refractivity contribution in [3.63, 3.8) is 0 Å². The van der Waals surface area contributed by atoms with Gasteiger partial charge in [-0.3, -0.25) is 0 Å². The van der Waals surface area contributed by atoms with Gasteiger partial charge in [-0.1, -0.05) is 39.1 Å². The molecule has 0 amide bonds. The van der Waals surface area contributed by atoms with Gasteiger partial charge in [0, 0.05) is 27.3 Å². The molecule has 0 atom stereocenters. The number of hydrogen-bond donors (Lipinski definition) is 2. The van der Waals surface area contributed by atoms with Gasteiger partial charge in [-0.25, -0.2) is 0 Å². The lowest BCUT2D eigenvalue weighted by molar-refractivity contribution is 1.46. The number of nitrogens with one attached hydrogen (secondary N) is 2. The molecule has 0 radical (unpaired) electrons. The normalized spacial score (nSPS) is 10.9. The molecule has 1 heterocycles. The molecule has 5 heteroatoms. The number of halogens is 3. The molecular formula is C14H9BrCl2N2. The monoisotopic (exact) mass is 354 g/mol. The highest BCUT2D eigenvalue weighted by Gasteiger charge is 2.05. The third-order valence-electron chi connectivity index (χ3n) is 2.84. The number of fused-ring (bicyclic) bond motifs is 1. The molecule has 0 aliphatic carbocycles. The Hall–Kier alpha value is -1.16. The van der Waals surface area contributed by atoms with Crippen molar-refractivity contribution in [3.05, 3.63) is 57.1 Å². The highest BCUT2D eigenvalue weighted by Crippen LogP contribution is 2.31. The number of H-pyrrole nitrogens is 1.